The van der Waals surface area contributed by atoms with E-state index in [1.54, 1.807) is 31.2 Å². The van der Waals surface area contributed by atoms with Gasteiger partial charge in [-0.15, -0.1) is 10.2 Å². The highest BCUT2D eigenvalue weighted by Crippen LogP contribution is 2.25. The van der Waals surface area contributed by atoms with Gasteiger partial charge in [-0.25, -0.2) is 4.79 Å². The van der Waals surface area contributed by atoms with E-state index in [4.69, 9.17) is 10.5 Å². The van der Waals surface area contributed by atoms with E-state index >= 15 is 0 Å². The number of H-pyrrole nitrogens is 1. The molecule has 0 atom stereocenters. The summed E-state index contributed by atoms with van der Waals surface area (Å²) in [6.45, 7) is 1.97. The highest BCUT2D eigenvalue weighted by Gasteiger charge is 2.15. The van der Waals surface area contributed by atoms with E-state index < -0.39 is 12.0 Å². The minimum Gasteiger partial charge on any atom is -0.450 e. The van der Waals surface area contributed by atoms with E-state index in [-0.39, 0.29) is 18.1 Å². The fraction of sp³-hybridized carbons (Fsp3) is 0.167. The first-order valence-electron chi connectivity index (χ1n) is 6.12. The van der Waals surface area contributed by atoms with E-state index in [9.17, 15) is 9.59 Å². The smallest absolute Gasteiger partial charge is 0.411 e. The molecule has 0 saturated heterocycles. The number of ether oxygens (including phenoxy) is 1. The van der Waals surface area contributed by atoms with Crippen molar-refractivity contribution in [3.63, 3.8) is 0 Å². The van der Waals surface area contributed by atoms with Gasteiger partial charge in [0.2, 0.25) is 0 Å². The number of aromatic nitrogens is 3. The number of nitrogens with zero attached hydrogens (tertiary/aromatic N) is 2. The van der Waals surface area contributed by atoms with Crippen LogP contribution in [-0.4, -0.2) is 34.0 Å². The number of nitrogens with two attached hydrogens (primary N) is 1. The largest absolute Gasteiger partial charge is 0.450 e. The zero-order valence-electron chi connectivity index (χ0n) is 11.2. The van der Waals surface area contributed by atoms with Gasteiger partial charge in [-0.05, 0) is 19.1 Å². The van der Waals surface area contributed by atoms with Gasteiger partial charge in [0, 0.05) is 0 Å². The van der Waals surface area contributed by atoms with Crippen molar-refractivity contribution >= 4 is 29.2 Å². The minimum atomic E-state index is -0.720. The third-order valence-corrected chi connectivity index (χ3v) is 2.47. The highest BCUT2D eigenvalue weighted by molar-refractivity contribution is 5.97. The first-order chi connectivity index (χ1) is 10.1. The van der Waals surface area contributed by atoms with Crippen molar-refractivity contribution in [1.82, 2.24) is 15.4 Å². The van der Waals surface area contributed by atoms with Gasteiger partial charge in [0.05, 0.1) is 18.0 Å². The van der Waals surface area contributed by atoms with Crippen LogP contribution in [0.4, 0.5) is 22.0 Å². The molecule has 0 fully saturated rings. The number of carbonyl (C=O) groups excluding carboxylic acids is 2. The number of nitrogens with one attached hydrogen (secondary N) is 3. The molecule has 21 heavy (non-hydrogen) atoms. The van der Waals surface area contributed by atoms with Gasteiger partial charge in [0.25, 0.3) is 5.91 Å². The minimum absolute atomic E-state index is 0.0269. The maximum atomic E-state index is 11.5. The molecule has 1 aromatic heterocycles. The fourth-order valence-corrected chi connectivity index (χ4v) is 1.60. The molecule has 0 spiro atoms. The number of amides is 2. The van der Waals surface area contributed by atoms with Gasteiger partial charge >= 0.3 is 6.09 Å². The molecule has 1 heterocycles. The monoisotopic (exact) mass is 290 g/mol. The molecule has 2 rings (SSSR count). The molecule has 5 N–H and O–H groups in total. The van der Waals surface area contributed by atoms with Crippen molar-refractivity contribution in [1.29, 1.82) is 0 Å². The molecule has 9 heteroatoms. The average Bonchev–Trinajstić information content (AvgIpc) is 2.89. The quantitative estimate of drug-likeness (QED) is 0.653. The van der Waals surface area contributed by atoms with E-state index in [2.05, 4.69) is 26.0 Å². The molecular formula is C12H14N6O3. The topological polar surface area (TPSA) is 135 Å². The van der Waals surface area contributed by atoms with Crippen LogP contribution < -0.4 is 16.4 Å². The van der Waals surface area contributed by atoms with Crippen LogP contribution in [0.3, 0.4) is 0 Å². The first-order valence-corrected chi connectivity index (χ1v) is 6.12. The van der Waals surface area contributed by atoms with E-state index in [1.165, 1.54) is 0 Å². The highest BCUT2D eigenvalue weighted by atomic mass is 16.5. The maximum Gasteiger partial charge on any atom is 0.411 e. The predicted octanol–water partition coefficient (Wildman–Crippen LogP) is 1.22. The molecule has 2 amide bonds. The fourth-order valence-electron chi connectivity index (χ4n) is 1.60. The lowest BCUT2D eigenvalue weighted by atomic mass is 10.2. The summed E-state index contributed by atoms with van der Waals surface area (Å²) in [5, 5.41) is 15.2. The Balaban J connectivity index is 2.22. The average molecular weight is 290 g/mol. The van der Waals surface area contributed by atoms with Crippen molar-refractivity contribution in [2.45, 2.75) is 6.92 Å². The second-order valence-electron chi connectivity index (χ2n) is 3.90. The SMILES string of the molecule is CCOC(=O)Nc1ccccc1Nc1n[nH]nc1C(N)=O. The number of primary amides is 1. The van der Waals surface area contributed by atoms with Gasteiger partial charge < -0.3 is 15.8 Å². The molecule has 0 aliphatic rings. The molecule has 1 aromatic carbocycles. The number of benzene rings is 1. The summed E-state index contributed by atoms with van der Waals surface area (Å²) in [5.74, 6) is -0.553. The molecule has 0 unspecified atom stereocenters. The van der Waals surface area contributed by atoms with Crippen molar-refractivity contribution in [3.8, 4) is 0 Å². The van der Waals surface area contributed by atoms with Crippen LogP contribution in [-0.2, 0) is 4.74 Å². The van der Waals surface area contributed by atoms with Crippen LogP contribution in [0.15, 0.2) is 24.3 Å². The van der Waals surface area contributed by atoms with Crippen LogP contribution >= 0.6 is 0 Å². The Bertz CT molecular complexity index is 654. The molecule has 0 radical (unpaired) electrons. The Labute approximate surface area is 119 Å². The molecule has 110 valence electrons. The van der Waals surface area contributed by atoms with Crippen molar-refractivity contribution in [2.75, 3.05) is 17.2 Å². The van der Waals surface area contributed by atoms with Crippen LogP contribution in [0.2, 0.25) is 0 Å². The van der Waals surface area contributed by atoms with Crippen molar-refractivity contribution < 1.29 is 14.3 Å². The van der Waals surface area contributed by atoms with Crippen LogP contribution in [0, 0.1) is 0 Å². The third kappa shape index (κ3) is 3.47. The van der Waals surface area contributed by atoms with Gasteiger partial charge in [-0.2, -0.15) is 5.21 Å². The Hall–Kier alpha value is -3.10. The molecule has 0 saturated carbocycles. The summed E-state index contributed by atoms with van der Waals surface area (Å²) in [6, 6.07) is 6.86. The molecule has 0 aliphatic carbocycles. The molecule has 0 aliphatic heterocycles. The Kier molecular flexibility index (Phi) is 4.34. The molecular weight excluding hydrogens is 276 g/mol. The van der Waals surface area contributed by atoms with E-state index in [0.29, 0.717) is 11.4 Å². The summed E-state index contributed by atoms with van der Waals surface area (Å²) < 4.78 is 4.81. The zero-order chi connectivity index (χ0) is 15.2. The Morgan fingerprint density at radius 3 is 2.67 bits per heavy atom. The number of anilines is 3. The second-order valence-corrected chi connectivity index (χ2v) is 3.90. The maximum absolute atomic E-state index is 11.5. The predicted molar refractivity (Wildman–Crippen MR) is 75.3 cm³/mol. The zero-order valence-corrected chi connectivity index (χ0v) is 11.2. The summed E-state index contributed by atoms with van der Waals surface area (Å²) in [5.41, 5.74) is 6.14. The lowest BCUT2D eigenvalue weighted by Gasteiger charge is -2.11. The lowest BCUT2D eigenvalue weighted by Crippen LogP contribution is -2.15. The van der Waals surface area contributed by atoms with Gasteiger partial charge in [0.15, 0.2) is 11.5 Å². The number of aromatic amines is 1. The lowest BCUT2D eigenvalue weighted by molar-refractivity contribution is 0.0996. The van der Waals surface area contributed by atoms with Crippen molar-refractivity contribution in [3.05, 3.63) is 30.0 Å². The van der Waals surface area contributed by atoms with Gasteiger partial charge in [-0.1, -0.05) is 12.1 Å². The molecule has 9 nitrogen and oxygen atoms in total. The van der Waals surface area contributed by atoms with Crippen LogP contribution in [0.1, 0.15) is 17.4 Å². The Morgan fingerprint density at radius 1 is 1.29 bits per heavy atom. The number of hydrogen-bond acceptors (Lipinski definition) is 6. The summed E-state index contributed by atoms with van der Waals surface area (Å²) in [6.07, 6.45) is -0.581. The summed E-state index contributed by atoms with van der Waals surface area (Å²) in [4.78, 5) is 22.7. The van der Waals surface area contributed by atoms with Crippen LogP contribution in [0.5, 0.6) is 0 Å². The third-order valence-electron chi connectivity index (χ3n) is 2.47. The summed E-state index contributed by atoms with van der Waals surface area (Å²) >= 11 is 0. The summed E-state index contributed by atoms with van der Waals surface area (Å²) in [7, 11) is 0. The second kappa shape index (κ2) is 6.37. The number of carbonyl (C=O) groups is 2. The van der Waals surface area contributed by atoms with E-state index in [0.717, 1.165) is 0 Å². The molecule has 2 aromatic rings. The van der Waals surface area contributed by atoms with Gasteiger partial charge in [0.1, 0.15) is 0 Å². The van der Waals surface area contributed by atoms with Crippen LogP contribution in [0.25, 0.3) is 0 Å². The number of hydrogen-bond donors (Lipinski definition) is 4. The number of rotatable bonds is 5. The van der Waals surface area contributed by atoms with Gasteiger partial charge in [-0.3, -0.25) is 10.1 Å². The van der Waals surface area contributed by atoms with Crippen molar-refractivity contribution in [2.24, 2.45) is 5.73 Å². The van der Waals surface area contributed by atoms with E-state index in [1.807, 2.05) is 0 Å². The first kappa shape index (κ1) is 14.3. The molecule has 0 bridgehead atoms. The normalized spacial score (nSPS) is 9.95. The number of para-hydroxylation sites is 2. The Morgan fingerprint density at radius 2 is 2.00 bits per heavy atom. The standard InChI is InChI=1S/C12H14N6O3/c1-2-21-12(20)15-8-6-4-3-5-7(8)14-11-9(10(13)19)16-18-17-11/h3-6H,2H2,1H3,(H2,13,19)(H,15,20)(H2,14,16,17,18).